The molecule has 0 bridgehead atoms. The van der Waals surface area contributed by atoms with Gasteiger partial charge in [0.25, 0.3) is 0 Å². The third-order valence-electron chi connectivity index (χ3n) is 3.95. The van der Waals surface area contributed by atoms with E-state index in [9.17, 15) is 4.79 Å². The molecule has 1 aliphatic rings. The van der Waals surface area contributed by atoms with Crippen LogP contribution in [-0.2, 0) is 22.5 Å². The molecule has 2 rings (SSSR count). The van der Waals surface area contributed by atoms with E-state index in [1.165, 1.54) is 11.1 Å². The number of ether oxygens (including phenoxy) is 1. The van der Waals surface area contributed by atoms with E-state index >= 15 is 0 Å². The second-order valence-corrected chi connectivity index (χ2v) is 5.67. The number of hydrogen-bond acceptors (Lipinski definition) is 4. The Bertz CT molecular complexity index is 475. The largest absolute Gasteiger partial charge is 0.383 e. The second kappa shape index (κ2) is 13.4. The first kappa shape index (κ1) is 23.1. The van der Waals surface area contributed by atoms with Crippen LogP contribution in [0.2, 0.25) is 0 Å². The van der Waals surface area contributed by atoms with Gasteiger partial charge in [0.05, 0.1) is 13.2 Å². The van der Waals surface area contributed by atoms with Crippen LogP contribution < -0.4 is 10.6 Å². The molecule has 1 aliphatic heterocycles. The number of nitrogens with one attached hydrogen (secondary N) is 2. The monoisotopic (exact) mass is 377 g/mol. The van der Waals surface area contributed by atoms with Gasteiger partial charge in [-0.05, 0) is 24.0 Å². The molecule has 1 amide bonds. The Kier molecular flexibility index (Phi) is 13.0. The maximum absolute atomic E-state index is 11.6. The molecule has 0 radical (unpaired) electrons. The molecule has 24 heavy (non-hydrogen) atoms. The molecule has 0 aromatic heterocycles. The third-order valence-corrected chi connectivity index (χ3v) is 3.95. The van der Waals surface area contributed by atoms with E-state index in [-0.39, 0.29) is 30.7 Å². The number of halogens is 2. The third kappa shape index (κ3) is 8.31. The fourth-order valence-electron chi connectivity index (χ4n) is 2.71. The number of hydrogen-bond donors (Lipinski definition) is 2. The molecule has 1 heterocycles. The number of carbonyl (C=O) groups excluding carboxylic acids is 1. The summed E-state index contributed by atoms with van der Waals surface area (Å²) in [5.41, 5.74) is 2.93. The lowest BCUT2D eigenvalue weighted by atomic mass is 10.00. The number of nitrogens with zero attached hydrogens (tertiary/aromatic N) is 1. The highest BCUT2D eigenvalue weighted by Crippen LogP contribution is 2.18. The van der Waals surface area contributed by atoms with Gasteiger partial charge in [-0.25, -0.2) is 0 Å². The predicted molar refractivity (Wildman–Crippen MR) is 102 cm³/mol. The van der Waals surface area contributed by atoms with Gasteiger partial charge in [0, 0.05) is 39.8 Å². The molecule has 0 fully saturated rings. The summed E-state index contributed by atoms with van der Waals surface area (Å²) in [7, 11) is 1.65. The van der Waals surface area contributed by atoms with Crippen LogP contribution in [-0.4, -0.2) is 57.2 Å². The zero-order valence-electron chi connectivity index (χ0n) is 14.3. The molecule has 5 nitrogen and oxygen atoms in total. The van der Waals surface area contributed by atoms with Gasteiger partial charge in [-0.1, -0.05) is 24.3 Å². The minimum Gasteiger partial charge on any atom is -0.383 e. The van der Waals surface area contributed by atoms with E-state index in [0.717, 1.165) is 39.0 Å². The maximum atomic E-state index is 11.6. The summed E-state index contributed by atoms with van der Waals surface area (Å²) in [6, 6.07) is 8.67. The van der Waals surface area contributed by atoms with Crippen molar-refractivity contribution in [3.05, 3.63) is 35.4 Å². The van der Waals surface area contributed by atoms with E-state index in [0.29, 0.717) is 19.7 Å². The Labute approximate surface area is 157 Å². The van der Waals surface area contributed by atoms with Gasteiger partial charge in [-0.3, -0.25) is 9.69 Å². The number of benzene rings is 1. The van der Waals surface area contributed by atoms with E-state index in [2.05, 4.69) is 39.8 Å². The van der Waals surface area contributed by atoms with Crippen molar-refractivity contribution in [1.29, 1.82) is 0 Å². The first-order chi connectivity index (χ1) is 10.8. The van der Waals surface area contributed by atoms with Crippen molar-refractivity contribution >= 4 is 30.7 Å². The molecule has 0 aliphatic carbocycles. The molecule has 138 valence electrons. The Morgan fingerprint density at radius 3 is 2.71 bits per heavy atom. The van der Waals surface area contributed by atoms with Gasteiger partial charge in [-0.2, -0.15) is 0 Å². The lowest BCUT2D eigenvalue weighted by Crippen LogP contribution is -2.37. The molecule has 0 spiro atoms. The van der Waals surface area contributed by atoms with Gasteiger partial charge in [0.1, 0.15) is 0 Å². The van der Waals surface area contributed by atoms with Crippen molar-refractivity contribution in [1.82, 2.24) is 15.5 Å². The molecular weight excluding hydrogens is 349 g/mol. The van der Waals surface area contributed by atoms with E-state index in [1.807, 2.05) is 0 Å². The summed E-state index contributed by atoms with van der Waals surface area (Å²) in [6.45, 7) is 5.61. The quantitative estimate of drug-likeness (QED) is 0.642. The average Bonchev–Trinajstić information content (AvgIpc) is 2.55. The number of fused-ring (bicyclic) bond motifs is 1. The van der Waals surface area contributed by atoms with Crippen molar-refractivity contribution in [2.24, 2.45) is 0 Å². The minimum absolute atomic E-state index is 0. The Hall–Kier alpha value is -0.850. The van der Waals surface area contributed by atoms with Crippen LogP contribution >= 0.6 is 24.8 Å². The number of amides is 1. The highest BCUT2D eigenvalue weighted by atomic mass is 35.5. The van der Waals surface area contributed by atoms with Crippen molar-refractivity contribution in [3.8, 4) is 0 Å². The lowest BCUT2D eigenvalue weighted by molar-refractivity contribution is -0.120. The van der Waals surface area contributed by atoms with Crippen LogP contribution in [0, 0.1) is 0 Å². The van der Waals surface area contributed by atoms with Crippen molar-refractivity contribution < 1.29 is 9.53 Å². The molecule has 0 saturated carbocycles. The van der Waals surface area contributed by atoms with Gasteiger partial charge in [0.15, 0.2) is 0 Å². The molecule has 7 heteroatoms. The summed E-state index contributed by atoms with van der Waals surface area (Å²) in [5.74, 6) is 0.0556. The average molecular weight is 378 g/mol. The Morgan fingerprint density at radius 1 is 1.21 bits per heavy atom. The summed E-state index contributed by atoms with van der Waals surface area (Å²) in [4.78, 5) is 14.1. The van der Waals surface area contributed by atoms with Gasteiger partial charge in [0.2, 0.25) is 5.91 Å². The molecule has 0 unspecified atom stereocenters. The first-order valence-electron chi connectivity index (χ1n) is 8.05. The Balaban J connectivity index is 0.00000264. The van der Waals surface area contributed by atoms with Crippen molar-refractivity contribution in [3.63, 3.8) is 0 Å². The zero-order chi connectivity index (χ0) is 15.6. The van der Waals surface area contributed by atoms with Crippen molar-refractivity contribution in [2.75, 3.05) is 46.4 Å². The predicted octanol–water partition coefficient (Wildman–Crippen LogP) is 1.63. The SMILES string of the molecule is COCCNCC(=O)NCCCN1CCc2ccccc2C1.Cl.Cl. The zero-order valence-corrected chi connectivity index (χ0v) is 15.9. The summed E-state index contributed by atoms with van der Waals surface area (Å²) >= 11 is 0. The van der Waals surface area contributed by atoms with Crippen LogP contribution in [0.15, 0.2) is 24.3 Å². The molecule has 0 saturated heterocycles. The van der Waals surface area contributed by atoms with E-state index < -0.39 is 0 Å². The molecular formula is C17H29Cl2N3O2. The molecule has 0 atom stereocenters. The van der Waals surface area contributed by atoms with E-state index in [4.69, 9.17) is 4.74 Å². The number of rotatable bonds is 9. The Morgan fingerprint density at radius 2 is 1.96 bits per heavy atom. The highest BCUT2D eigenvalue weighted by molar-refractivity contribution is 5.85. The molecule has 1 aromatic rings. The summed E-state index contributed by atoms with van der Waals surface area (Å²) < 4.78 is 4.91. The fourth-order valence-corrected chi connectivity index (χ4v) is 2.71. The van der Waals surface area contributed by atoms with Gasteiger partial charge in [-0.15, -0.1) is 24.8 Å². The van der Waals surface area contributed by atoms with Crippen LogP contribution in [0.5, 0.6) is 0 Å². The van der Waals surface area contributed by atoms with Crippen LogP contribution in [0.3, 0.4) is 0 Å². The maximum Gasteiger partial charge on any atom is 0.233 e. The topological polar surface area (TPSA) is 53.6 Å². The number of methoxy groups -OCH3 is 1. The molecule has 1 aromatic carbocycles. The molecule has 2 N–H and O–H groups in total. The fraction of sp³-hybridized carbons (Fsp3) is 0.588. The highest BCUT2D eigenvalue weighted by Gasteiger charge is 2.14. The normalized spacial score (nSPS) is 13.4. The second-order valence-electron chi connectivity index (χ2n) is 5.67. The van der Waals surface area contributed by atoms with Crippen LogP contribution in [0.1, 0.15) is 17.5 Å². The standard InChI is InChI=1S/C17H27N3O2.2ClH/c1-22-12-9-18-13-17(21)19-8-4-10-20-11-7-15-5-2-3-6-16(15)14-20;;/h2-3,5-6,18H,4,7-14H2,1H3,(H,19,21);2*1H. The van der Waals surface area contributed by atoms with Crippen LogP contribution in [0.25, 0.3) is 0 Å². The first-order valence-corrected chi connectivity index (χ1v) is 8.05. The number of carbonyl (C=O) groups is 1. The summed E-state index contributed by atoms with van der Waals surface area (Å²) in [6.07, 6.45) is 2.12. The van der Waals surface area contributed by atoms with Crippen molar-refractivity contribution in [2.45, 2.75) is 19.4 Å². The van der Waals surface area contributed by atoms with Gasteiger partial charge < -0.3 is 15.4 Å². The minimum atomic E-state index is 0. The summed E-state index contributed by atoms with van der Waals surface area (Å²) in [5, 5.41) is 5.99. The van der Waals surface area contributed by atoms with E-state index in [1.54, 1.807) is 7.11 Å². The lowest BCUT2D eigenvalue weighted by Gasteiger charge is -2.28. The smallest absolute Gasteiger partial charge is 0.233 e. The van der Waals surface area contributed by atoms with Gasteiger partial charge >= 0.3 is 0 Å². The van der Waals surface area contributed by atoms with Crippen LogP contribution in [0.4, 0.5) is 0 Å².